The molecular weight excluding hydrogens is 379 g/mol. The Labute approximate surface area is 157 Å². The van der Waals surface area contributed by atoms with Gasteiger partial charge in [-0.2, -0.15) is 0 Å². The molecule has 2 rings (SSSR count). The number of nitrogens with zero attached hydrogens (tertiary/aromatic N) is 1. The predicted molar refractivity (Wildman–Crippen MR) is 101 cm³/mol. The van der Waals surface area contributed by atoms with Gasteiger partial charge in [0, 0.05) is 24.5 Å². The molecule has 0 atom stereocenters. The largest absolute Gasteiger partial charge is 0.352 e. The van der Waals surface area contributed by atoms with Crippen LogP contribution in [0.25, 0.3) is 0 Å². The molecule has 2 aromatic carbocycles. The first-order chi connectivity index (χ1) is 12.3. The number of anilines is 1. The van der Waals surface area contributed by atoms with Crippen LogP contribution in [-0.4, -0.2) is 27.1 Å². The number of halogens is 2. The molecule has 0 saturated carbocycles. The summed E-state index contributed by atoms with van der Waals surface area (Å²) in [5.41, 5.74) is 0.776. The highest BCUT2D eigenvalue weighted by molar-refractivity contribution is 7.92. The quantitative estimate of drug-likeness (QED) is 0.741. The second-order valence-electron chi connectivity index (χ2n) is 5.76. The minimum Gasteiger partial charge on any atom is -0.352 e. The average Bonchev–Trinajstić information content (AvgIpc) is 2.58. The lowest BCUT2D eigenvalue weighted by Crippen LogP contribution is -2.32. The van der Waals surface area contributed by atoms with E-state index in [1.165, 1.54) is 18.2 Å². The Morgan fingerprint density at radius 1 is 1.15 bits per heavy atom. The molecule has 0 radical (unpaired) electrons. The number of carbonyl (C=O) groups is 1. The summed E-state index contributed by atoms with van der Waals surface area (Å²) in [4.78, 5) is 12.0. The molecule has 2 aromatic rings. The van der Waals surface area contributed by atoms with Gasteiger partial charge in [-0.15, -0.1) is 0 Å². The highest BCUT2D eigenvalue weighted by atomic mass is 35.5. The van der Waals surface area contributed by atoms with E-state index in [1.807, 2.05) is 12.1 Å². The van der Waals surface area contributed by atoms with E-state index in [2.05, 4.69) is 5.32 Å². The van der Waals surface area contributed by atoms with Crippen molar-refractivity contribution in [3.8, 4) is 0 Å². The van der Waals surface area contributed by atoms with Crippen molar-refractivity contribution in [1.82, 2.24) is 5.32 Å². The molecule has 8 heteroatoms. The first-order valence-electron chi connectivity index (χ1n) is 8.01. The van der Waals surface area contributed by atoms with Gasteiger partial charge >= 0.3 is 0 Å². The molecule has 0 bridgehead atoms. The third-order valence-electron chi connectivity index (χ3n) is 3.72. The van der Waals surface area contributed by atoms with Crippen LogP contribution in [0.1, 0.15) is 18.4 Å². The second-order valence-corrected chi connectivity index (χ2v) is 8.07. The number of sulfonamides is 1. The van der Waals surface area contributed by atoms with E-state index < -0.39 is 15.8 Å². The van der Waals surface area contributed by atoms with Gasteiger partial charge in [0.15, 0.2) is 0 Å². The molecule has 0 saturated heterocycles. The van der Waals surface area contributed by atoms with E-state index in [-0.39, 0.29) is 31.0 Å². The topological polar surface area (TPSA) is 66.5 Å². The second kappa shape index (κ2) is 9.00. The summed E-state index contributed by atoms with van der Waals surface area (Å²) < 4.78 is 38.8. The Morgan fingerprint density at radius 2 is 1.81 bits per heavy atom. The van der Waals surface area contributed by atoms with Crippen LogP contribution in [0.15, 0.2) is 48.5 Å². The molecule has 0 unspecified atom stereocenters. The van der Waals surface area contributed by atoms with Gasteiger partial charge in [-0.05, 0) is 30.2 Å². The smallest absolute Gasteiger partial charge is 0.232 e. The van der Waals surface area contributed by atoms with Gasteiger partial charge in [-0.1, -0.05) is 41.9 Å². The van der Waals surface area contributed by atoms with Crippen molar-refractivity contribution >= 4 is 33.2 Å². The van der Waals surface area contributed by atoms with Gasteiger partial charge < -0.3 is 5.32 Å². The molecular formula is C18H20ClFN2O3S. The molecule has 0 heterocycles. The summed E-state index contributed by atoms with van der Waals surface area (Å²) in [5, 5.41) is 3.30. The average molecular weight is 399 g/mol. The summed E-state index contributed by atoms with van der Waals surface area (Å²) in [6, 6.07) is 12.8. The number of para-hydroxylation sites is 1. The fourth-order valence-electron chi connectivity index (χ4n) is 2.43. The zero-order valence-corrected chi connectivity index (χ0v) is 15.9. The predicted octanol–water partition coefficient (Wildman–Crippen LogP) is 3.34. The molecule has 0 aliphatic heterocycles. The zero-order chi connectivity index (χ0) is 19.2. The molecule has 0 spiro atoms. The standard InChI is InChI=1S/C18H20ClFN2O3S/c1-26(24,25)22(17-10-5-4-9-16(17)20)12-6-11-18(23)21-13-14-7-2-3-8-15(14)19/h2-5,7-10H,6,11-13H2,1H3,(H,21,23). The lowest BCUT2D eigenvalue weighted by molar-refractivity contribution is -0.121. The Balaban J connectivity index is 1.91. The molecule has 0 fully saturated rings. The van der Waals surface area contributed by atoms with Crippen LogP contribution in [0.3, 0.4) is 0 Å². The van der Waals surface area contributed by atoms with Crippen LogP contribution in [0.4, 0.5) is 10.1 Å². The number of hydrogen-bond acceptors (Lipinski definition) is 3. The fraction of sp³-hybridized carbons (Fsp3) is 0.278. The van der Waals surface area contributed by atoms with Crippen molar-refractivity contribution in [2.45, 2.75) is 19.4 Å². The first kappa shape index (κ1) is 20.2. The third-order valence-corrected chi connectivity index (χ3v) is 5.27. The Hall–Kier alpha value is -2.12. The minimum absolute atomic E-state index is 0.0132. The van der Waals surface area contributed by atoms with Crippen molar-refractivity contribution in [3.05, 3.63) is 64.9 Å². The maximum Gasteiger partial charge on any atom is 0.232 e. The third kappa shape index (κ3) is 5.71. The molecule has 0 aliphatic rings. The number of carbonyl (C=O) groups excluding carboxylic acids is 1. The SMILES string of the molecule is CS(=O)(=O)N(CCCC(=O)NCc1ccccc1Cl)c1ccccc1F. The van der Waals surface area contributed by atoms with Crippen LogP contribution in [0.5, 0.6) is 0 Å². The van der Waals surface area contributed by atoms with Crippen molar-refractivity contribution < 1.29 is 17.6 Å². The summed E-state index contributed by atoms with van der Waals surface area (Å²) in [7, 11) is -3.66. The van der Waals surface area contributed by atoms with Crippen molar-refractivity contribution in [1.29, 1.82) is 0 Å². The Morgan fingerprint density at radius 3 is 2.46 bits per heavy atom. The van der Waals surface area contributed by atoms with Crippen molar-refractivity contribution in [3.63, 3.8) is 0 Å². The summed E-state index contributed by atoms with van der Waals surface area (Å²) in [5.74, 6) is -0.854. The van der Waals surface area contributed by atoms with E-state index in [0.717, 1.165) is 16.1 Å². The maximum atomic E-state index is 13.9. The normalized spacial score (nSPS) is 11.2. The zero-order valence-electron chi connectivity index (χ0n) is 14.3. The van der Waals surface area contributed by atoms with Gasteiger partial charge in [0.05, 0.1) is 11.9 Å². The number of hydrogen-bond donors (Lipinski definition) is 1. The van der Waals surface area contributed by atoms with E-state index in [0.29, 0.717) is 11.6 Å². The molecule has 140 valence electrons. The minimum atomic E-state index is -3.66. The van der Waals surface area contributed by atoms with Gasteiger partial charge in [0.2, 0.25) is 15.9 Å². The highest BCUT2D eigenvalue weighted by Crippen LogP contribution is 2.22. The van der Waals surface area contributed by atoms with E-state index in [4.69, 9.17) is 11.6 Å². The number of benzene rings is 2. The molecule has 1 amide bonds. The maximum absolute atomic E-state index is 13.9. The summed E-state index contributed by atoms with van der Waals surface area (Å²) in [6.45, 7) is 0.306. The molecule has 1 N–H and O–H groups in total. The molecule has 5 nitrogen and oxygen atoms in total. The number of rotatable bonds is 8. The van der Waals surface area contributed by atoms with E-state index >= 15 is 0 Å². The van der Waals surface area contributed by atoms with Crippen LogP contribution in [0.2, 0.25) is 5.02 Å². The first-order valence-corrected chi connectivity index (χ1v) is 10.2. The molecule has 26 heavy (non-hydrogen) atoms. The lowest BCUT2D eigenvalue weighted by atomic mass is 10.2. The van der Waals surface area contributed by atoms with E-state index in [1.54, 1.807) is 18.2 Å². The van der Waals surface area contributed by atoms with Crippen molar-refractivity contribution in [2.24, 2.45) is 0 Å². The Kier molecular flexibility index (Phi) is 6.99. The van der Waals surface area contributed by atoms with Crippen LogP contribution < -0.4 is 9.62 Å². The molecule has 0 aliphatic carbocycles. The fourth-order valence-corrected chi connectivity index (χ4v) is 3.59. The van der Waals surface area contributed by atoms with Crippen molar-refractivity contribution in [2.75, 3.05) is 17.1 Å². The number of nitrogens with one attached hydrogen (secondary N) is 1. The van der Waals surface area contributed by atoms with Gasteiger partial charge in [-0.3, -0.25) is 9.10 Å². The highest BCUT2D eigenvalue weighted by Gasteiger charge is 2.20. The van der Waals surface area contributed by atoms with E-state index in [9.17, 15) is 17.6 Å². The van der Waals surface area contributed by atoms with Gasteiger partial charge in [-0.25, -0.2) is 12.8 Å². The van der Waals surface area contributed by atoms with Crippen LogP contribution >= 0.6 is 11.6 Å². The van der Waals surface area contributed by atoms with Gasteiger partial charge in [0.1, 0.15) is 5.82 Å². The summed E-state index contributed by atoms with van der Waals surface area (Å²) >= 11 is 6.03. The van der Waals surface area contributed by atoms with Crippen LogP contribution in [-0.2, 0) is 21.4 Å². The molecule has 0 aromatic heterocycles. The monoisotopic (exact) mass is 398 g/mol. The number of amides is 1. The van der Waals surface area contributed by atoms with Gasteiger partial charge in [0.25, 0.3) is 0 Å². The summed E-state index contributed by atoms with van der Waals surface area (Å²) in [6.07, 6.45) is 1.39. The lowest BCUT2D eigenvalue weighted by Gasteiger charge is -2.22. The Bertz CT molecular complexity index is 874. The van der Waals surface area contributed by atoms with Crippen LogP contribution in [0, 0.1) is 5.82 Å².